The highest BCUT2D eigenvalue weighted by Gasteiger charge is 2.24. The SMILES string of the molecule is Fc1cc(C2CCC(CCCCC3CCCC3)CC2)ccc1C(F)F. The highest BCUT2D eigenvalue weighted by molar-refractivity contribution is 5.28. The van der Waals surface area contributed by atoms with Crippen molar-refractivity contribution in [2.24, 2.45) is 11.8 Å². The van der Waals surface area contributed by atoms with Crippen molar-refractivity contribution in [1.29, 1.82) is 0 Å². The molecule has 1 aromatic carbocycles. The average Bonchev–Trinajstić information content (AvgIpc) is 3.12. The lowest BCUT2D eigenvalue weighted by Crippen LogP contribution is -2.14. The average molecular weight is 352 g/mol. The Morgan fingerprint density at radius 3 is 2.00 bits per heavy atom. The number of benzene rings is 1. The number of hydrogen-bond acceptors (Lipinski definition) is 0. The summed E-state index contributed by atoms with van der Waals surface area (Å²) in [7, 11) is 0. The summed E-state index contributed by atoms with van der Waals surface area (Å²) in [5.74, 6) is 1.41. The van der Waals surface area contributed by atoms with Gasteiger partial charge in [0.05, 0.1) is 5.56 Å². The van der Waals surface area contributed by atoms with E-state index >= 15 is 0 Å². The normalized spacial score (nSPS) is 25.0. The van der Waals surface area contributed by atoms with E-state index in [1.54, 1.807) is 6.07 Å². The van der Waals surface area contributed by atoms with E-state index in [2.05, 4.69) is 0 Å². The fraction of sp³-hybridized carbons (Fsp3) is 0.727. The maximum Gasteiger partial charge on any atom is 0.266 e. The van der Waals surface area contributed by atoms with Gasteiger partial charge in [-0.05, 0) is 55.1 Å². The molecule has 2 aliphatic rings. The Hall–Kier alpha value is -0.990. The molecule has 3 rings (SSSR count). The van der Waals surface area contributed by atoms with Crippen LogP contribution in [0.25, 0.3) is 0 Å². The molecule has 0 aromatic heterocycles. The first-order chi connectivity index (χ1) is 12.1. The molecule has 0 amide bonds. The predicted molar refractivity (Wildman–Crippen MR) is 96.5 cm³/mol. The van der Waals surface area contributed by atoms with Crippen LogP contribution < -0.4 is 0 Å². The largest absolute Gasteiger partial charge is 0.266 e. The van der Waals surface area contributed by atoms with Crippen molar-refractivity contribution >= 4 is 0 Å². The minimum absolute atomic E-state index is 0.343. The standard InChI is InChI=1S/C22H31F3/c23-21-15-19(13-14-20(21)22(24)25)18-11-9-17(10-12-18)8-4-3-7-16-5-1-2-6-16/h13-18,22H,1-12H2. The number of halogens is 3. The molecule has 0 radical (unpaired) electrons. The summed E-state index contributed by atoms with van der Waals surface area (Å²) in [5.41, 5.74) is 0.432. The molecule has 0 heterocycles. The van der Waals surface area contributed by atoms with Gasteiger partial charge in [0.2, 0.25) is 0 Å². The summed E-state index contributed by atoms with van der Waals surface area (Å²) in [6, 6.07) is 4.32. The van der Waals surface area contributed by atoms with E-state index in [1.165, 1.54) is 76.3 Å². The molecule has 3 heteroatoms. The molecule has 0 spiro atoms. The molecule has 25 heavy (non-hydrogen) atoms. The van der Waals surface area contributed by atoms with E-state index in [0.717, 1.165) is 30.2 Å². The van der Waals surface area contributed by atoms with Crippen molar-refractivity contribution < 1.29 is 13.2 Å². The first-order valence-corrected chi connectivity index (χ1v) is 10.2. The molecular weight excluding hydrogens is 321 g/mol. The third-order valence-electron chi connectivity index (χ3n) is 6.53. The summed E-state index contributed by atoms with van der Waals surface area (Å²) < 4.78 is 39.1. The van der Waals surface area contributed by atoms with E-state index in [1.807, 2.05) is 0 Å². The van der Waals surface area contributed by atoms with Gasteiger partial charge < -0.3 is 0 Å². The van der Waals surface area contributed by atoms with Crippen LogP contribution in [0.4, 0.5) is 13.2 Å². The van der Waals surface area contributed by atoms with Crippen LogP contribution in [0, 0.1) is 17.7 Å². The van der Waals surface area contributed by atoms with Gasteiger partial charge in [-0.15, -0.1) is 0 Å². The van der Waals surface area contributed by atoms with Crippen LogP contribution in [0.2, 0.25) is 0 Å². The second kappa shape index (κ2) is 9.09. The molecule has 140 valence electrons. The van der Waals surface area contributed by atoms with E-state index in [0.29, 0.717) is 5.92 Å². The Kier molecular flexibility index (Phi) is 6.84. The summed E-state index contributed by atoms with van der Waals surface area (Å²) in [5, 5.41) is 0. The topological polar surface area (TPSA) is 0 Å². The molecule has 1 aromatic rings. The first-order valence-electron chi connectivity index (χ1n) is 10.2. The summed E-state index contributed by atoms with van der Waals surface area (Å²) in [4.78, 5) is 0. The molecule has 0 N–H and O–H groups in total. The Morgan fingerprint density at radius 2 is 1.44 bits per heavy atom. The molecular formula is C22H31F3. The Balaban J connectivity index is 1.38. The highest BCUT2D eigenvalue weighted by Crippen LogP contribution is 2.39. The van der Waals surface area contributed by atoms with Gasteiger partial charge in [-0.1, -0.05) is 63.5 Å². The zero-order valence-corrected chi connectivity index (χ0v) is 15.2. The molecule has 0 nitrogen and oxygen atoms in total. The molecule has 0 atom stereocenters. The minimum Gasteiger partial charge on any atom is -0.206 e. The fourth-order valence-electron chi connectivity index (χ4n) is 4.92. The first kappa shape index (κ1) is 18.8. The summed E-state index contributed by atoms with van der Waals surface area (Å²) >= 11 is 0. The van der Waals surface area contributed by atoms with Crippen molar-refractivity contribution in [2.75, 3.05) is 0 Å². The third-order valence-corrected chi connectivity index (χ3v) is 6.53. The second-order valence-electron chi connectivity index (χ2n) is 8.23. The van der Waals surface area contributed by atoms with Crippen molar-refractivity contribution in [3.8, 4) is 0 Å². The Labute approximate surface area is 150 Å². The molecule has 0 bridgehead atoms. The smallest absolute Gasteiger partial charge is 0.206 e. The van der Waals surface area contributed by atoms with Crippen LogP contribution in [0.5, 0.6) is 0 Å². The van der Waals surface area contributed by atoms with Crippen LogP contribution in [0.15, 0.2) is 18.2 Å². The van der Waals surface area contributed by atoms with E-state index < -0.39 is 17.8 Å². The predicted octanol–water partition coefficient (Wildman–Crippen LogP) is 7.79. The lowest BCUT2D eigenvalue weighted by molar-refractivity contribution is 0.146. The van der Waals surface area contributed by atoms with Crippen molar-refractivity contribution in [3.05, 3.63) is 35.1 Å². The quantitative estimate of drug-likeness (QED) is 0.439. The van der Waals surface area contributed by atoms with Crippen LogP contribution in [0.3, 0.4) is 0 Å². The zero-order valence-electron chi connectivity index (χ0n) is 15.2. The third kappa shape index (κ3) is 5.24. The van der Waals surface area contributed by atoms with Gasteiger partial charge in [0.15, 0.2) is 0 Å². The van der Waals surface area contributed by atoms with Crippen LogP contribution in [-0.2, 0) is 0 Å². The van der Waals surface area contributed by atoms with Crippen LogP contribution in [-0.4, -0.2) is 0 Å². The van der Waals surface area contributed by atoms with Crippen LogP contribution in [0.1, 0.15) is 101 Å². The monoisotopic (exact) mass is 352 g/mol. The Bertz CT molecular complexity index is 526. The van der Waals surface area contributed by atoms with Crippen molar-refractivity contribution in [3.63, 3.8) is 0 Å². The summed E-state index contributed by atoms with van der Waals surface area (Å²) in [6.07, 6.45) is 13.1. The zero-order chi connectivity index (χ0) is 17.6. The lowest BCUT2D eigenvalue weighted by Gasteiger charge is -2.29. The van der Waals surface area contributed by atoms with E-state index in [9.17, 15) is 13.2 Å². The molecule has 0 aliphatic heterocycles. The number of rotatable bonds is 7. The van der Waals surface area contributed by atoms with Gasteiger partial charge in [0.1, 0.15) is 5.82 Å². The minimum atomic E-state index is -2.73. The Morgan fingerprint density at radius 1 is 0.840 bits per heavy atom. The number of alkyl halides is 2. The van der Waals surface area contributed by atoms with E-state index in [-0.39, 0.29) is 0 Å². The summed E-state index contributed by atoms with van der Waals surface area (Å²) in [6.45, 7) is 0. The molecule has 2 fully saturated rings. The molecule has 0 saturated heterocycles. The van der Waals surface area contributed by atoms with Crippen LogP contribution >= 0.6 is 0 Å². The van der Waals surface area contributed by atoms with Gasteiger partial charge in [-0.3, -0.25) is 0 Å². The van der Waals surface area contributed by atoms with Crippen molar-refractivity contribution in [2.45, 2.75) is 89.4 Å². The lowest BCUT2D eigenvalue weighted by atomic mass is 9.77. The van der Waals surface area contributed by atoms with Gasteiger partial charge in [-0.25, -0.2) is 13.2 Å². The molecule has 2 saturated carbocycles. The maximum atomic E-state index is 13.8. The van der Waals surface area contributed by atoms with Gasteiger partial charge in [0, 0.05) is 0 Å². The van der Waals surface area contributed by atoms with Gasteiger partial charge in [0.25, 0.3) is 6.43 Å². The van der Waals surface area contributed by atoms with Crippen molar-refractivity contribution in [1.82, 2.24) is 0 Å². The molecule has 2 aliphatic carbocycles. The number of unbranched alkanes of at least 4 members (excludes halogenated alkanes) is 1. The molecule has 0 unspecified atom stereocenters. The maximum absolute atomic E-state index is 13.8. The van der Waals surface area contributed by atoms with Gasteiger partial charge >= 0.3 is 0 Å². The second-order valence-corrected chi connectivity index (χ2v) is 8.23. The van der Waals surface area contributed by atoms with Gasteiger partial charge in [-0.2, -0.15) is 0 Å². The highest BCUT2D eigenvalue weighted by atomic mass is 19.3. The number of hydrogen-bond donors (Lipinski definition) is 0. The fourth-order valence-corrected chi connectivity index (χ4v) is 4.92. The van der Waals surface area contributed by atoms with E-state index in [4.69, 9.17) is 0 Å².